The van der Waals surface area contributed by atoms with Crippen molar-refractivity contribution in [2.45, 2.75) is 36.9 Å². The molecule has 16 heavy (non-hydrogen) atoms. The van der Waals surface area contributed by atoms with Gasteiger partial charge in [-0.2, -0.15) is 11.8 Å². The molecule has 0 aromatic carbocycles. The van der Waals surface area contributed by atoms with Gasteiger partial charge in [0.15, 0.2) is 0 Å². The Kier molecular flexibility index (Phi) is 5.56. The van der Waals surface area contributed by atoms with Gasteiger partial charge in [0.05, 0.1) is 5.75 Å². The maximum Gasteiger partial charge on any atom is 0.210 e. The van der Waals surface area contributed by atoms with Gasteiger partial charge in [0.1, 0.15) is 0 Å². The molecule has 4 nitrogen and oxygen atoms in total. The molecule has 1 fully saturated rings. The Morgan fingerprint density at radius 3 is 2.44 bits per heavy atom. The molecule has 0 saturated heterocycles. The number of primary sulfonamides is 1. The third-order valence-corrected chi connectivity index (χ3v) is 5.40. The molecule has 0 amide bonds. The third-order valence-electron chi connectivity index (χ3n) is 3.21. The molecular formula is C10H22N2O2S2. The Bertz CT molecular complexity index is 298. The molecule has 0 aromatic rings. The van der Waals surface area contributed by atoms with Crippen molar-refractivity contribution in [3.8, 4) is 0 Å². The van der Waals surface area contributed by atoms with E-state index >= 15 is 0 Å². The molecule has 1 rings (SSSR count). The Hall–Kier alpha value is 0.220. The summed E-state index contributed by atoms with van der Waals surface area (Å²) in [4.78, 5) is 0. The molecule has 96 valence electrons. The normalized spacial score (nSPS) is 20.9. The van der Waals surface area contributed by atoms with Gasteiger partial charge in [-0.25, -0.2) is 13.6 Å². The van der Waals surface area contributed by atoms with Crippen LogP contribution in [0.5, 0.6) is 0 Å². The number of nitrogens with two attached hydrogens (primary N) is 1. The lowest BCUT2D eigenvalue weighted by Gasteiger charge is -2.36. The fourth-order valence-electron chi connectivity index (χ4n) is 2.18. The lowest BCUT2D eigenvalue weighted by molar-refractivity contribution is 0.382. The number of hydrogen-bond donors (Lipinski definition) is 2. The van der Waals surface area contributed by atoms with E-state index in [4.69, 9.17) is 5.14 Å². The van der Waals surface area contributed by atoms with E-state index < -0.39 is 10.0 Å². The van der Waals surface area contributed by atoms with Gasteiger partial charge < -0.3 is 5.32 Å². The van der Waals surface area contributed by atoms with Gasteiger partial charge >= 0.3 is 0 Å². The second kappa shape index (κ2) is 6.23. The molecule has 3 N–H and O–H groups in total. The van der Waals surface area contributed by atoms with Crippen LogP contribution in [0.2, 0.25) is 0 Å². The molecule has 6 heteroatoms. The fourth-order valence-corrected chi connectivity index (χ4v) is 3.55. The second-order valence-electron chi connectivity index (χ2n) is 4.49. The topological polar surface area (TPSA) is 72.2 Å². The van der Waals surface area contributed by atoms with Gasteiger partial charge in [-0.15, -0.1) is 0 Å². The summed E-state index contributed by atoms with van der Waals surface area (Å²) in [5, 5.41) is 8.17. The number of rotatable bonds is 6. The first kappa shape index (κ1) is 14.3. The van der Waals surface area contributed by atoms with Crippen LogP contribution in [0.3, 0.4) is 0 Å². The molecule has 1 aliphatic rings. The zero-order valence-electron chi connectivity index (χ0n) is 9.87. The first-order valence-electron chi connectivity index (χ1n) is 5.74. The molecule has 1 saturated carbocycles. The van der Waals surface area contributed by atoms with Gasteiger partial charge in [-0.1, -0.05) is 19.3 Å². The van der Waals surface area contributed by atoms with Crippen molar-refractivity contribution in [1.82, 2.24) is 5.32 Å². The lowest BCUT2D eigenvalue weighted by atomic mass is 9.88. The molecule has 0 aromatic heterocycles. The zero-order chi connectivity index (χ0) is 12.1. The van der Waals surface area contributed by atoms with Crippen LogP contribution >= 0.6 is 11.8 Å². The molecule has 0 radical (unpaired) electrons. The summed E-state index contributed by atoms with van der Waals surface area (Å²) in [5.74, 6) is 0.0253. The van der Waals surface area contributed by atoms with Gasteiger partial charge in [0.25, 0.3) is 0 Å². The average molecular weight is 266 g/mol. The highest BCUT2D eigenvalue weighted by Crippen LogP contribution is 2.37. The molecule has 0 bridgehead atoms. The Morgan fingerprint density at radius 2 is 1.94 bits per heavy atom. The average Bonchev–Trinajstić information content (AvgIpc) is 2.25. The summed E-state index contributed by atoms with van der Waals surface area (Å²) < 4.78 is 21.8. The highest BCUT2D eigenvalue weighted by molar-refractivity contribution is 8.00. The minimum Gasteiger partial charge on any atom is -0.314 e. The lowest BCUT2D eigenvalue weighted by Crippen LogP contribution is -2.41. The fraction of sp³-hybridized carbons (Fsp3) is 1.00. The molecular weight excluding hydrogens is 244 g/mol. The number of hydrogen-bond acceptors (Lipinski definition) is 4. The predicted octanol–water partition coefficient (Wildman–Crippen LogP) is 0.930. The first-order chi connectivity index (χ1) is 7.47. The van der Waals surface area contributed by atoms with Crippen LogP contribution in [-0.2, 0) is 10.0 Å². The Morgan fingerprint density at radius 1 is 1.31 bits per heavy atom. The van der Waals surface area contributed by atoms with Gasteiger partial charge in [-0.3, -0.25) is 0 Å². The summed E-state index contributed by atoms with van der Waals surface area (Å²) in [6.07, 6.45) is 8.52. The van der Waals surface area contributed by atoms with Crippen molar-refractivity contribution in [2.24, 2.45) is 5.14 Å². The zero-order valence-corrected chi connectivity index (χ0v) is 11.5. The van der Waals surface area contributed by atoms with Crippen LogP contribution < -0.4 is 10.5 Å². The molecule has 0 aliphatic heterocycles. The molecule has 1 aliphatic carbocycles. The smallest absolute Gasteiger partial charge is 0.210 e. The van der Waals surface area contributed by atoms with Crippen LogP contribution in [0.25, 0.3) is 0 Å². The van der Waals surface area contributed by atoms with E-state index in [9.17, 15) is 8.42 Å². The predicted molar refractivity (Wildman–Crippen MR) is 70.2 cm³/mol. The summed E-state index contributed by atoms with van der Waals surface area (Å²) in [7, 11) is -3.32. The SMILES string of the molecule is CSC1(CNCCS(N)(=O)=O)CCCCC1. The van der Waals surface area contributed by atoms with Gasteiger partial charge in [0, 0.05) is 17.8 Å². The summed E-state index contributed by atoms with van der Waals surface area (Å²) in [5.41, 5.74) is 0. The first-order valence-corrected chi connectivity index (χ1v) is 8.68. The van der Waals surface area contributed by atoms with E-state index in [2.05, 4.69) is 11.6 Å². The standard InChI is InChI=1S/C10H22N2O2S2/c1-15-10(5-3-2-4-6-10)9-12-7-8-16(11,13)14/h12H,2-9H2,1H3,(H2,11,13,14). The van der Waals surface area contributed by atoms with E-state index in [1.807, 2.05) is 11.8 Å². The number of sulfonamides is 1. The Balaban J connectivity index is 2.28. The largest absolute Gasteiger partial charge is 0.314 e. The summed E-state index contributed by atoms with van der Waals surface area (Å²) in [6.45, 7) is 1.35. The van der Waals surface area contributed by atoms with E-state index in [1.54, 1.807) is 0 Å². The molecule has 0 heterocycles. The maximum absolute atomic E-state index is 10.8. The van der Waals surface area contributed by atoms with Gasteiger partial charge in [-0.05, 0) is 19.1 Å². The minimum absolute atomic E-state index is 0.0253. The van der Waals surface area contributed by atoms with Crippen molar-refractivity contribution in [1.29, 1.82) is 0 Å². The minimum atomic E-state index is -3.32. The van der Waals surface area contributed by atoms with Gasteiger partial charge in [0.2, 0.25) is 10.0 Å². The number of nitrogens with one attached hydrogen (secondary N) is 1. The maximum atomic E-state index is 10.8. The highest BCUT2D eigenvalue weighted by atomic mass is 32.2. The monoisotopic (exact) mass is 266 g/mol. The quantitative estimate of drug-likeness (QED) is 0.702. The van der Waals surface area contributed by atoms with Crippen molar-refractivity contribution in [2.75, 3.05) is 25.1 Å². The number of thioether (sulfide) groups is 1. The van der Waals surface area contributed by atoms with Crippen LogP contribution in [0.4, 0.5) is 0 Å². The van der Waals surface area contributed by atoms with Crippen molar-refractivity contribution in [3.63, 3.8) is 0 Å². The van der Waals surface area contributed by atoms with E-state index in [0.717, 1.165) is 6.54 Å². The van der Waals surface area contributed by atoms with Crippen LogP contribution in [0.15, 0.2) is 0 Å². The highest BCUT2D eigenvalue weighted by Gasteiger charge is 2.30. The second-order valence-corrected chi connectivity index (χ2v) is 7.50. The van der Waals surface area contributed by atoms with Crippen molar-refractivity contribution >= 4 is 21.8 Å². The molecule has 0 unspecified atom stereocenters. The van der Waals surface area contributed by atoms with E-state index in [-0.39, 0.29) is 5.75 Å². The molecule has 0 spiro atoms. The third kappa shape index (κ3) is 5.03. The summed E-state index contributed by atoms with van der Waals surface area (Å²) in [6, 6.07) is 0. The van der Waals surface area contributed by atoms with Crippen LogP contribution in [0.1, 0.15) is 32.1 Å². The van der Waals surface area contributed by atoms with Crippen LogP contribution in [-0.4, -0.2) is 38.3 Å². The molecule has 0 atom stereocenters. The Labute approximate surface area is 103 Å². The van der Waals surface area contributed by atoms with Crippen LogP contribution in [0, 0.1) is 0 Å². The summed E-state index contributed by atoms with van der Waals surface area (Å²) >= 11 is 1.91. The van der Waals surface area contributed by atoms with Crippen molar-refractivity contribution in [3.05, 3.63) is 0 Å². The van der Waals surface area contributed by atoms with E-state index in [1.165, 1.54) is 32.1 Å². The van der Waals surface area contributed by atoms with Crippen molar-refractivity contribution < 1.29 is 8.42 Å². The van der Waals surface area contributed by atoms with E-state index in [0.29, 0.717) is 11.3 Å².